The van der Waals surface area contributed by atoms with Gasteiger partial charge in [-0.2, -0.15) is 8.78 Å². The third-order valence-corrected chi connectivity index (χ3v) is 3.14. The van der Waals surface area contributed by atoms with Crippen LogP contribution < -0.4 is 5.73 Å². The van der Waals surface area contributed by atoms with Gasteiger partial charge in [-0.3, -0.25) is 4.79 Å². The van der Waals surface area contributed by atoms with Gasteiger partial charge in [0.15, 0.2) is 0 Å². The summed E-state index contributed by atoms with van der Waals surface area (Å²) in [7, 11) is 0. The van der Waals surface area contributed by atoms with Crippen LogP contribution in [0.3, 0.4) is 0 Å². The lowest BCUT2D eigenvalue weighted by Crippen LogP contribution is -2.61. The maximum absolute atomic E-state index is 13.6. The molecule has 0 bridgehead atoms. The molecule has 0 spiro atoms. The molecule has 0 aromatic heterocycles. The van der Waals surface area contributed by atoms with Crippen molar-refractivity contribution >= 4 is 12.0 Å². The van der Waals surface area contributed by atoms with E-state index >= 15 is 0 Å². The topological polar surface area (TPSA) is 92.9 Å². The number of nitrogens with zero attached hydrogens (tertiary/aromatic N) is 1. The Bertz CT molecular complexity index is 399. The molecule has 1 aliphatic heterocycles. The number of hydrogen-bond acceptors (Lipinski definition) is 4. The maximum Gasteiger partial charge on any atom is 0.410 e. The van der Waals surface area contributed by atoms with Gasteiger partial charge >= 0.3 is 12.0 Å². The van der Waals surface area contributed by atoms with Crippen molar-refractivity contribution < 1.29 is 28.2 Å². The largest absolute Gasteiger partial charge is 0.444 e. The van der Waals surface area contributed by atoms with E-state index in [1.807, 2.05) is 0 Å². The van der Waals surface area contributed by atoms with Gasteiger partial charge in [0, 0.05) is 25.9 Å². The number of halogens is 2. The first-order chi connectivity index (χ1) is 8.89. The fourth-order valence-corrected chi connectivity index (χ4v) is 1.93. The molecule has 1 saturated heterocycles. The molecule has 0 aliphatic carbocycles. The quantitative estimate of drug-likeness (QED) is 0.790. The lowest BCUT2D eigenvalue weighted by atomic mass is 9.85. The Morgan fingerprint density at radius 1 is 1.25 bits per heavy atom. The van der Waals surface area contributed by atoms with Crippen LogP contribution in [0.2, 0.25) is 0 Å². The Hall–Kier alpha value is -1.44. The second kappa shape index (κ2) is 5.16. The Morgan fingerprint density at radius 3 is 2.05 bits per heavy atom. The highest BCUT2D eigenvalue weighted by Gasteiger charge is 2.58. The number of aliphatic hydroxyl groups is 1. The Labute approximate surface area is 115 Å². The van der Waals surface area contributed by atoms with Crippen molar-refractivity contribution in [3.05, 3.63) is 0 Å². The monoisotopic (exact) mass is 294 g/mol. The van der Waals surface area contributed by atoms with Crippen molar-refractivity contribution in [2.75, 3.05) is 13.1 Å². The summed E-state index contributed by atoms with van der Waals surface area (Å²) >= 11 is 0. The van der Waals surface area contributed by atoms with Gasteiger partial charge in [-0.1, -0.05) is 0 Å². The summed E-state index contributed by atoms with van der Waals surface area (Å²) < 4.78 is 32.2. The average molecular weight is 294 g/mol. The van der Waals surface area contributed by atoms with Gasteiger partial charge in [0.2, 0.25) is 0 Å². The van der Waals surface area contributed by atoms with Crippen molar-refractivity contribution in [2.24, 2.45) is 5.73 Å². The van der Waals surface area contributed by atoms with E-state index in [2.05, 4.69) is 5.73 Å². The highest BCUT2D eigenvalue weighted by atomic mass is 19.3. The number of nitrogens with two attached hydrogens (primary N) is 1. The van der Waals surface area contributed by atoms with Gasteiger partial charge in [-0.25, -0.2) is 4.79 Å². The van der Waals surface area contributed by atoms with Crippen molar-refractivity contribution in [2.45, 2.75) is 50.7 Å². The highest BCUT2D eigenvalue weighted by Crippen LogP contribution is 2.37. The number of rotatable bonds is 2. The molecule has 116 valence electrons. The molecule has 0 atom stereocenters. The van der Waals surface area contributed by atoms with Gasteiger partial charge in [-0.15, -0.1) is 0 Å². The van der Waals surface area contributed by atoms with Crippen molar-refractivity contribution in [1.82, 2.24) is 4.90 Å². The Balaban J connectivity index is 2.68. The molecule has 1 heterocycles. The van der Waals surface area contributed by atoms with Crippen LogP contribution in [0.15, 0.2) is 0 Å². The molecular weight excluding hydrogens is 274 g/mol. The van der Waals surface area contributed by atoms with Crippen LogP contribution in [0, 0.1) is 0 Å². The summed E-state index contributed by atoms with van der Waals surface area (Å²) in [6.45, 7) is 4.80. The molecule has 0 radical (unpaired) electrons. The second-order valence-corrected chi connectivity index (χ2v) is 5.94. The molecular formula is C12H20F2N2O4. The minimum Gasteiger partial charge on any atom is -0.444 e. The van der Waals surface area contributed by atoms with Gasteiger partial charge < -0.3 is 20.5 Å². The molecule has 2 amide bonds. The maximum atomic E-state index is 13.6. The minimum atomic E-state index is -4.02. The molecule has 1 aliphatic rings. The summed E-state index contributed by atoms with van der Waals surface area (Å²) in [5, 5.41) is 9.87. The van der Waals surface area contributed by atoms with Crippen LogP contribution in [-0.4, -0.2) is 52.2 Å². The molecule has 0 aromatic carbocycles. The normalized spacial score (nSPS) is 19.6. The van der Waals surface area contributed by atoms with Gasteiger partial charge in [0.1, 0.15) is 11.2 Å². The second-order valence-electron chi connectivity index (χ2n) is 5.94. The zero-order valence-electron chi connectivity index (χ0n) is 11.8. The Morgan fingerprint density at radius 2 is 1.70 bits per heavy atom. The van der Waals surface area contributed by atoms with Crippen LogP contribution >= 0.6 is 0 Å². The third-order valence-electron chi connectivity index (χ3n) is 3.14. The smallest absolute Gasteiger partial charge is 0.410 e. The summed E-state index contributed by atoms with van der Waals surface area (Å²) in [6, 6.07) is 0. The van der Waals surface area contributed by atoms with Crippen LogP contribution in [0.25, 0.3) is 0 Å². The zero-order chi connectivity index (χ0) is 15.8. The van der Waals surface area contributed by atoms with E-state index in [-0.39, 0.29) is 13.1 Å². The number of carbonyl (C=O) groups excluding carboxylic acids is 2. The minimum absolute atomic E-state index is 0.131. The van der Waals surface area contributed by atoms with Crippen molar-refractivity contribution in [3.8, 4) is 0 Å². The fraction of sp³-hybridized carbons (Fsp3) is 0.833. The fourth-order valence-electron chi connectivity index (χ4n) is 1.93. The highest BCUT2D eigenvalue weighted by molar-refractivity contribution is 5.83. The van der Waals surface area contributed by atoms with Crippen molar-refractivity contribution in [3.63, 3.8) is 0 Å². The third kappa shape index (κ3) is 3.36. The first-order valence-corrected chi connectivity index (χ1v) is 6.27. The molecule has 1 fully saturated rings. The van der Waals surface area contributed by atoms with Gasteiger partial charge in [0.25, 0.3) is 5.91 Å². The van der Waals surface area contributed by atoms with Crippen LogP contribution in [0.1, 0.15) is 33.6 Å². The van der Waals surface area contributed by atoms with Crippen LogP contribution in [-0.2, 0) is 9.53 Å². The number of piperidine rings is 1. The first kappa shape index (κ1) is 16.6. The first-order valence-electron chi connectivity index (χ1n) is 6.27. The van der Waals surface area contributed by atoms with E-state index < -0.39 is 42.0 Å². The molecule has 20 heavy (non-hydrogen) atoms. The molecule has 0 unspecified atom stereocenters. The number of primary amides is 1. The van der Waals surface area contributed by atoms with E-state index in [1.54, 1.807) is 20.8 Å². The number of amides is 2. The molecule has 0 saturated carbocycles. The van der Waals surface area contributed by atoms with E-state index in [0.29, 0.717) is 0 Å². The summed E-state index contributed by atoms with van der Waals surface area (Å²) in [6.07, 6.45) is -1.52. The summed E-state index contributed by atoms with van der Waals surface area (Å²) in [5.74, 6) is -5.89. The molecule has 8 heteroatoms. The number of carbonyl (C=O) groups is 2. The average Bonchev–Trinajstić information content (AvgIpc) is 2.27. The SMILES string of the molecule is CC(C)(C)OC(=O)N1CCC(O)(C(F)(F)C(N)=O)CC1. The van der Waals surface area contributed by atoms with E-state index in [4.69, 9.17) is 4.74 Å². The van der Waals surface area contributed by atoms with E-state index in [9.17, 15) is 23.5 Å². The van der Waals surface area contributed by atoms with E-state index in [1.165, 1.54) is 4.90 Å². The Kier molecular flexibility index (Phi) is 4.28. The standard InChI is InChI=1S/C12H20F2N2O4/c1-10(2,3)20-9(18)16-6-4-11(19,5-7-16)12(13,14)8(15)17/h19H,4-7H2,1-3H3,(H2,15,17). The van der Waals surface area contributed by atoms with Crippen molar-refractivity contribution in [1.29, 1.82) is 0 Å². The lowest BCUT2D eigenvalue weighted by molar-refractivity contribution is -0.201. The number of alkyl halides is 2. The number of ether oxygens (including phenoxy) is 1. The van der Waals surface area contributed by atoms with Crippen LogP contribution in [0.5, 0.6) is 0 Å². The molecule has 0 aromatic rings. The summed E-state index contributed by atoms with van der Waals surface area (Å²) in [4.78, 5) is 23.7. The van der Waals surface area contributed by atoms with Crippen LogP contribution in [0.4, 0.5) is 13.6 Å². The van der Waals surface area contributed by atoms with Gasteiger partial charge in [-0.05, 0) is 20.8 Å². The van der Waals surface area contributed by atoms with E-state index in [0.717, 1.165) is 0 Å². The molecule has 1 rings (SSSR count). The number of likely N-dealkylation sites (tertiary alicyclic amines) is 1. The van der Waals surface area contributed by atoms with Gasteiger partial charge in [0.05, 0.1) is 0 Å². The predicted octanol–water partition coefficient (Wildman–Crippen LogP) is 0.869. The summed E-state index contributed by atoms with van der Waals surface area (Å²) in [5.41, 5.74) is 1.40. The lowest BCUT2D eigenvalue weighted by Gasteiger charge is -2.41. The molecule has 6 nitrogen and oxygen atoms in total. The zero-order valence-corrected chi connectivity index (χ0v) is 11.8. The molecule has 3 N–H and O–H groups in total. The number of hydrogen-bond donors (Lipinski definition) is 2. The predicted molar refractivity (Wildman–Crippen MR) is 66.1 cm³/mol.